The van der Waals surface area contributed by atoms with Crippen molar-refractivity contribution in [2.24, 2.45) is 0 Å². The average Bonchev–Trinajstić information content (AvgIpc) is 2.65. The van der Waals surface area contributed by atoms with Crippen LogP contribution in [-0.4, -0.2) is 21.1 Å². The van der Waals surface area contributed by atoms with Gasteiger partial charge < -0.3 is 5.32 Å². The number of aryl methyl sites for hydroxylation is 1. The maximum Gasteiger partial charge on any atom is 0.295 e. The lowest BCUT2D eigenvalue weighted by atomic mass is 10.3. The maximum absolute atomic E-state index is 12.8. The quantitative estimate of drug-likeness (QED) is 0.805. The molecule has 0 spiro atoms. The highest BCUT2D eigenvalue weighted by molar-refractivity contribution is 6.01. The van der Waals surface area contributed by atoms with E-state index in [1.165, 1.54) is 18.2 Å². The molecule has 0 radical (unpaired) electrons. The van der Waals surface area contributed by atoms with E-state index in [0.29, 0.717) is 11.5 Å². The summed E-state index contributed by atoms with van der Waals surface area (Å²) in [6, 6.07) is 5.61. The van der Waals surface area contributed by atoms with Gasteiger partial charge in [-0.15, -0.1) is 5.10 Å². The minimum Gasteiger partial charge on any atom is -0.319 e. The summed E-state index contributed by atoms with van der Waals surface area (Å²) < 4.78 is 12.8. The number of aromatic nitrogens is 3. The van der Waals surface area contributed by atoms with Gasteiger partial charge in [-0.1, -0.05) is 6.07 Å². The molecule has 0 bridgehead atoms. The van der Waals surface area contributed by atoms with Gasteiger partial charge in [-0.05, 0) is 25.1 Å². The van der Waals surface area contributed by atoms with Crippen LogP contribution in [0.4, 0.5) is 10.1 Å². The first-order valence-corrected chi connectivity index (χ1v) is 4.61. The average molecular weight is 220 g/mol. The van der Waals surface area contributed by atoms with Gasteiger partial charge in [-0.3, -0.25) is 9.89 Å². The number of H-pyrrole nitrogens is 1. The molecule has 0 atom stereocenters. The van der Waals surface area contributed by atoms with E-state index in [1.54, 1.807) is 13.0 Å². The fourth-order valence-corrected chi connectivity index (χ4v) is 1.20. The number of halogens is 1. The number of nitrogens with zero attached hydrogens (tertiary/aromatic N) is 2. The molecular formula is C10H9FN4O. The Morgan fingerprint density at radius 2 is 2.31 bits per heavy atom. The molecule has 0 saturated heterocycles. The van der Waals surface area contributed by atoms with Gasteiger partial charge >= 0.3 is 0 Å². The van der Waals surface area contributed by atoms with Crippen LogP contribution in [0.15, 0.2) is 24.3 Å². The van der Waals surface area contributed by atoms with Gasteiger partial charge in [0.15, 0.2) is 0 Å². The molecule has 1 aromatic heterocycles. The van der Waals surface area contributed by atoms with E-state index in [0.717, 1.165) is 0 Å². The van der Waals surface area contributed by atoms with Crippen molar-refractivity contribution in [1.82, 2.24) is 15.2 Å². The van der Waals surface area contributed by atoms with Crippen LogP contribution in [0.3, 0.4) is 0 Å². The lowest BCUT2D eigenvalue weighted by Crippen LogP contribution is -2.13. The molecule has 2 N–H and O–H groups in total. The third-order valence-corrected chi connectivity index (χ3v) is 1.88. The highest BCUT2D eigenvalue weighted by atomic mass is 19.1. The Labute approximate surface area is 90.7 Å². The minimum absolute atomic E-state index is 0.0294. The number of amides is 1. The summed E-state index contributed by atoms with van der Waals surface area (Å²) in [4.78, 5) is 15.4. The van der Waals surface area contributed by atoms with Gasteiger partial charge in [0, 0.05) is 5.69 Å². The molecule has 82 valence electrons. The summed E-state index contributed by atoms with van der Waals surface area (Å²) in [5.74, 6) is -0.315. The zero-order valence-corrected chi connectivity index (χ0v) is 8.49. The molecule has 0 aliphatic heterocycles. The van der Waals surface area contributed by atoms with Gasteiger partial charge in [0.1, 0.15) is 11.6 Å². The van der Waals surface area contributed by atoms with Gasteiger partial charge in [-0.2, -0.15) is 0 Å². The van der Waals surface area contributed by atoms with Crippen LogP contribution in [0.1, 0.15) is 16.4 Å². The molecule has 5 nitrogen and oxygen atoms in total. The Morgan fingerprint density at radius 3 is 2.94 bits per heavy atom. The first kappa shape index (κ1) is 10.3. The normalized spacial score (nSPS) is 10.1. The molecule has 0 aliphatic carbocycles. The smallest absolute Gasteiger partial charge is 0.295 e. The molecule has 6 heteroatoms. The highest BCUT2D eigenvalue weighted by Crippen LogP contribution is 2.09. The first-order valence-electron chi connectivity index (χ1n) is 4.61. The predicted octanol–water partition coefficient (Wildman–Crippen LogP) is 1.50. The second-order valence-electron chi connectivity index (χ2n) is 3.21. The number of hydrogen-bond donors (Lipinski definition) is 2. The summed E-state index contributed by atoms with van der Waals surface area (Å²) in [5, 5.41) is 8.73. The molecule has 1 aromatic carbocycles. The summed E-state index contributed by atoms with van der Waals surface area (Å²) in [6.07, 6.45) is 0. The third kappa shape index (κ3) is 2.22. The lowest BCUT2D eigenvalue weighted by Gasteiger charge is -2.01. The van der Waals surface area contributed by atoms with E-state index >= 15 is 0 Å². The predicted molar refractivity (Wildman–Crippen MR) is 55.5 cm³/mol. The third-order valence-electron chi connectivity index (χ3n) is 1.88. The fourth-order valence-electron chi connectivity index (χ4n) is 1.20. The van der Waals surface area contributed by atoms with E-state index in [1.807, 2.05) is 0 Å². The number of carbonyl (C=O) groups is 1. The standard InChI is InChI=1S/C10H9FN4O/c1-6-12-9(15-14-6)10(16)13-8-4-2-3-7(11)5-8/h2-5H,1H3,(H,13,16)(H,12,14,15). The van der Waals surface area contributed by atoms with Crippen molar-refractivity contribution in [2.45, 2.75) is 6.92 Å². The number of hydrogen-bond acceptors (Lipinski definition) is 3. The molecule has 0 saturated carbocycles. The largest absolute Gasteiger partial charge is 0.319 e. The van der Waals surface area contributed by atoms with Crippen LogP contribution in [-0.2, 0) is 0 Å². The maximum atomic E-state index is 12.8. The topological polar surface area (TPSA) is 70.7 Å². The van der Waals surface area contributed by atoms with Crippen molar-refractivity contribution in [3.05, 3.63) is 41.7 Å². The van der Waals surface area contributed by atoms with Crippen LogP contribution < -0.4 is 5.32 Å². The van der Waals surface area contributed by atoms with E-state index in [4.69, 9.17) is 0 Å². The van der Waals surface area contributed by atoms with Crippen molar-refractivity contribution in [1.29, 1.82) is 0 Å². The number of nitrogens with one attached hydrogen (secondary N) is 2. The summed E-state index contributed by atoms with van der Waals surface area (Å²) in [6.45, 7) is 1.69. The zero-order chi connectivity index (χ0) is 11.5. The second kappa shape index (κ2) is 4.09. The van der Waals surface area contributed by atoms with Gasteiger partial charge in [0.25, 0.3) is 5.91 Å². The Balaban J connectivity index is 2.13. The molecule has 0 aliphatic rings. The number of aromatic amines is 1. The van der Waals surface area contributed by atoms with Gasteiger partial charge in [-0.25, -0.2) is 9.37 Å². The molecule has 2 aromatic rings. The summed E-state index contributed by atoms with van der Waals surface area (Å²) in [7, 11) is 0. The number of benzene rings is 1. The Hall–Kier alpha value is -2.24. The van der Waals surface area contributed by atoms with Gasteiger partial charge in [0.05, 0.1) is 0 Å². The molecule has 1 amide bonds. The molecule has 1 heterocycles. The highest BCUT2D eigenvalue weighted by Gasteiger charge is 2.11. The first-order chi connectivity index (χ1) is 7.65. The molecular weight excluding hydrogens is 211 g/mol. The molecule has 0 unspecified atom stereocenters. The van der Waals surface area contributed by atoms with Crippen molar-refractivity contribution in [2.75, 3.05) is 5.32 Å². The SMILES string of the molecule is Cc1nc(C(=O)Nc2cccc(F)c2)n[nH]1. The Morgan fingerprint density at radius 1 is 1.50 bits per heavy atom. The van der Waals surface area contributed by atoms with E-state index < -0.39 is 11.7 Å². The monoisotopic (exact) mass is 220 g/mol. The summed E-state index contributed by atoms with van der Waals surface area (Å²) >= 11 is 0. The summed E-state index contributed by atoms with van der Waals surface area (Å²) in [5.41, 5.74) is 0.368. The Bertz CT molecular complexity index is 523. The van der Waals surface area contributed by atoms with Crippen molar-refractivity contribution in [3.63, 3.8) is 0 Å². The van der Waals surface area contributed by atoms with E-state index in [-0.39, 0.29) is 5.82 Å². The van der Waals surface area contributed by atoms with Crippen LogP contribution in [0.2, 0.25) is 0 Å². The molecule has 16 heavy (non-hydrogen) atoms. The van der Waals surface area contributed by atoms with E-state index in [2.05, 4.69) is 20.5 Å². The second-order valence-corrected chi connectivity index (χ2v) is 3.21. The number of anilines is 1. The van der Waals surface area contributed by atoms with Crippen LogP contribution in [0.5, 0.6) is 0 Å². The van der Waals surface area contributed by atoms with Crippen LogP contribution in [0.25, 0.3) is 0 Å². The van der Waals surface area contributed by atoms with Crippen molar-refractivity contribution >= 4 is 11.6 Å². The number of rotatable bonds is 2. The Kier molecular flexibility index (Phi) is 2.63. The van der Waals surface area contributed by atoms with Crippen LogP contribution in [0, 0.1) is 12.7 Å². The zero-order valence-electron chi connectivity index (χ0n) is 8.49. The van der Waals surface area contributed by atoms with Crippen molar-refractivity contribution < 1.29 is 9.18 Å². The van der Waals surface area contributed by atoms with E-state index in [9.17, 15) is 9.18 Å². The minimum atomic E-state index is -0.477. The van der Waals surface area contributed by atoms with Crippen molar-refractivity contribution in [3.8, 4) is 0 Å². The lowest BCUT2D eigenvalue weighted by molar-refractivity contribution is 0.101. The molecule has 0 fully saturated rings. The van der Waals surface area contributed by atoms with Gasteiger partial charge in [0.2, 0.25) is 5.82 Å². The fraction of sp³-hybridized carbons (Fsp3) is 0.100. The molecule has 2 rings (SSSR count). The van der Waals surface area contributed by atoms with Crippen LogP contribution >= 0.6 is 0 Å². The number of carbonyl (C=O) groups excluding carboxylic acids is 1.